The maximum absolute atomic E-state index is 13.0. The molecule has 164 valence electrons. The van der Waals surface area contributed by atoms with E-state index in [0.29, 0.717) is 32.2 Å². The van der Waals surface area contributed by atoms with Gasteiger partial charge >= 0.3 is 6.18 Å². The average molecular weight is 442 g/mol. The maximum Gasteiger partial charge on any atom is 0.416 e. The molecule has 0 unspecified atom stereocenters. The molecule has 1 saturated heterocycles. The summed E-state index contributed by atoms with van der Waals surface area (Å²) in [6.07, 6.45) is -1.17. The second kappa shape index (κ2) is 7.36. The van der Waals surface area contributed by atoms with Gasteiger partial charge in [0, 0.05) is 32.2 Å². The van der Waals surface area contributed by atoms with E-state index in [1.54, 1.807) is 17.4 Å². The first-order valence-electron chi connectivity index (χ1n) is 9.89. The van der Waals surface area contributed by atoms with Crippen LogP contribution in [-0.4, -0.2) is 45.5 Å². The van der Waals surface area contributed by atoms with Crippen LogP contribution in [0.5, 0.6) is 0 Å². The van der Waals surface area contributed by atoms with Crippen molar-refractivity contribution in [3.63, 3.8) is 0 Å². The zero-order chi connectivity index (χ0) is 22.5. The van der Waals surface area contributed by atoms with E-state index in [-0.39, 0.29) is 5.69 Å². The van der Waals surface area contributed by atoms with E-state index < -0.39 is 22.4 Å². The number of anilines is 2. The molecule has 0 radical (unpaired) electrons. The van der Waals surface area contributed by atoms with Crippen LogP contribution in [0.4, 0.5) is 30.4 Å². The van der Waals surface area contributed by atoms with Crippen molar-refractivity contribution in [1.82, 2.24) is 14.4 Å². The molecular weight excluding hydrogens is 425 g/mol. The van der Waals surface area contributed by atoms with E-state index >= 15 is 0 Å². The molecular formula is C21H17F3N6O2. The molecule has 2 aromatic heterocycles. The molecule has 0 aliphatic carbocycles. The van der Waals surface area contributed by atoms with Gasteiger partial charge in [0.05, 0.1) is 34.0 Å². The fraction of sp³-hybridized carbons (Fsp3) is 0.238. The number of halogens is 3. The lowest BCUT2D eigenvalue weighted by molar-refractivity contribution is -0.384. The Balaban J connectivity index is 1.44. The zero-order valence-electron chi connectivity index (χ0n) is 16.7. The summed E-state index contributed by atoms with van der Waals surface area (Å²) in [5.74, 6) is 0.753. The minimum absolute atomic E-state index is 0.184. The number of imidazole rings is 1. The lowest BCUT2D eigenvalue weighted by Crippen LogP contribution is -2.47. The quantitative estimate of drug-likeness (QED) is 0.351. The molecule has 4 aromatic rings. The van der Waals surface area contributed by atoms with Gasteiger partial charge in [0.2, 0.25) is 0 Å². The van der Waals surface area contributed by atoms with Crippen LogP contribution in [0.2, 0.25) is 0 Å². The second-order valence-corrected chi connectivity index (χ2v) is 7.51. The van der Waals surface area contributed by atoms with Crippen LogP contribution in [-0.2, 0) is 6.18 Å². The number of fused-ring (bicyclic) bond motifs is 3. The number of hydrogen-bond acceptors (Lipinski definition) is 6. The first-order chi connectivity index (χ1) is 15.3. The molecule has 0 amide bonds. The summed E-state index contributed by atoms with van der Waals surface area (Å²) in [5, 5.41) is 11.5. The number of piperazine rings is 1. The first kappa shape index (κ1) is 20.0. The predicted molar refractivity (Wildman–Crippen MR) is 113 cm³/mol. The molecule has 32 heavy (non-hydrogen) atoms. The Hall–Kier alpha value is -3.89. The molecule has 1 aliphatic rings. The van der Waals surface area contributed by atoms with Gasteiger partial charge in [-0.1, -0.05) is 12.1 Å². The van der Waals surface area contributed by atoms with Crippen molar-refractivity contribution < 1.29 is 18.1 Å². The molecule has 11 heteroatoms. The van der Waals surface area contributed by atoms with Crippen molar-refractivity contribution in [2.24, 2.45) is 0 Å². The zero-order valence-corrected chi connectivity index (χ0v) is 16.7. The Kier molecular flexibility index (Phi) is 4.61. The topological polar surface area (TPSA) is 79.8 Å². The summed E-state index contributed by atoms with van der Waals surface area (Å²) in [6, 6.07) is 10.4. The van der Waals surface area contributed by atoms with Gasteiger partial charge in [-0.05, 0) is 24.3 Å². The van der Waals surface area contributed by atoms with E-state index in [4.69, 9.17) is 4.98 Å². The highest BCUT2D eigenvalue weighted by Crippen LogP contribution is 2.37. The standard InChI is InChI=1S/C21H17F3N6O2/c22-21(23,24)14-5-6-17(18(11-14)30(31)32)27-7-9-28(10-8-27)20-19-12-25-13-29(19)16-4-2-1-3-15(16)26-20/h1-6,11-13H,7-10H2. The fourth-order valence-corrected chi connectivity index (χ4v) is 4.09. The third kappa shape index (κ3) is 3.35. The number of rotatable bonds is 3. The number of benzene rings is 2. The molecule has 0 atom stereocenters. The molecule has 0 spiro atoms. The van der Waals surface area contributed by atoms with Gasteiger partial charge in [0.25, 0.3) is 5.69 Å². The number of aromatic nitrogens is 3. The summed E-state index contributed by atoms with van der Waals surface area (Å²) >= 11 is 0. The summed E-state index contributed by atoms with van der Waals surface area (Å²) < 4.78 is 41.0. The van der Waals surface area contributed by atoms with E-state index in [1.165, 1.54) is 6.07 Å². The van der Waals surface area contributed by atoms with Crippen molar-refractivity contribution in [3.05, 3.63) is 70.7 Å². The highest BCUT2D eigenvalue weighted by Gasteiger charge is 2.34. The smallest absolute Gasteiger partial charge is 0.362 e. The van der Waals surface area contributed by atoms with E-state index in [9.17, 15) is 23.3 Å². The Morgan fingerprint density at radius 3 is 2.41 bits per heavy atom. The molecule has 3 heterocycles. The van der Waals surface area contributed by atoms with Crippen LogP contribution in [0.25, 0.3) is 16.6 Å². The molecule has 2 aromatic carbocycles. The maximum atomic E-state index is 13.0. The lowest BCUT2D eigenvalue weighted by Gasteiger charge is -2.36. The third-order valence-corrected chi connectivity index (χ3v) is 5.65. The van der Waals surface area contributed by atoms with Crippen LogP contribution >= 0.6 is 0 Å². The normalized spacial score (nSPS) is 15.0. The minimum Gasteiger partial charge on any atom is -0.362 e. The predicted octanol–water partition coefficient (Wildman–Crippen LogP) is 4.14. The second-order valence-electron chi connectivity index (χ2n) is 7.51. The fourth-order valence-electron chi connectivity index (χ4n) is 4.09. The number of para-hydroxylation sites is 2. The van der Waals surface area contributed by atoms with Crippen LogP contribution in [0.1, 0.15) is 5.56 Å². The Bertz CT molecular complexity index is 1330. The molecule has 0 saturated carbocycles. The van der Waals surface area contributed by atoms with Gasteiger partial charge in [-0.15, -0.1) is 0 Å². The third-order valence-electron chi connectivity index (χ3n) is 5.65. The summed E-state index contributed by atoms with van der Waals surface area (Å²) in [7, 11) is 0. The summed E-state index contributed by atoms with van der Waals surface area (Å²) in [6.45, 7) is 1.82. The molecule has 1 fully saturated rings. The molecule has 0 N–H and O–H groups in total. The summed E-state index contributed by atoms with van der Waals surface area (Å²) in [4.78, 5) is 23.5. The number of nitrogens with zero attached hydrogens (tertiary/aromatic N) is 6. The van der Waals surface area contributed by atoms with Gasteiger partial charge in [-0.3, -0.25) is 14.5 Å². The summed E-state index contributed by atoms with van der Waals surface area (Å²) in [5.41, 5.74) is 1.20. The highest BCUT2D eigenvalue weighted by molar-refractivity contribution is 5.84. The largest absolute Gasteiger partial charge is 0.416 e. The van der Waals surface area contributed by atoms with Gasteiger partial charge in [0.1, 0.15) is 11.2 Å². The monoisotopic (exact) mass is 442 g/mol. The lowest BCUT2D eigenvalue weighted by atomic mass is 10.1. The minimum atomic E-state index is -4.64. The molecule has 1 aliphatic heterocycles. The van der Waals surface area contributed by atoms with E-state index in [2.05, 4.69) is 9.88 Å². The number of nitro benzene ring substituents is 1. The first-order valence-corrected chi connectivity index (χ1v) is 9.89. The average Bonchev–Trinajstić information content (AvgIpc) is 3.28. The Morgan fingerprint density at radius 1 is 0.969 bits per heavy atom. The molecule has 5 rings (SSSR count). The van der Waals surface area contributed by atoms with Crippen LogP contribution < -0.4 is 9.80 Å². The van der Waals surface area contributed by atoms with Crippen LogP contribution in [0, 0.1) is 10.1 Å². The van der Waals surface area contributed by atoms with Gasteiger partial charge in [-0.25, -0.2) is 9.97 Å². The van der Waals surface area contributed by atoms with E-state index in [0.717, 1.165) is 28.4 Å². The van der Waals surface area contributed by atoms with Crippen molar-refractivity contribution in [3.8, 4) is 0 Å². The van der Waals surface area contributed by atoms with Crippen molar-refractivity contribution in [2.75, 3.05) is 36.0 Å². The Morgan fingerprint density at radius 2 is 1.69 bits per heavy atom. The number of hydrogen-bond donors (Lipinski definition) is 0. The van der Waals surface area contributed by atoms with Crippen LogP contribution in [0.3, 0.4) is 0 Å². The molecule has 0 bridgehead atoms. The van der Waals surface area contributed by atoms with Crippen LogP contribution in [0.15, 0.2) is 55.0 Å². The molecule has 8 nitrogen and oxygen atoms in total. The van der Waals surface area contributed by atoms with Gasteiger partial charge in [0.15, 0.2) is 5.82 Å². The highest BCUT2D eigenvalue weighted by atomic mass is 19.4. The van der Waals surface area contributed by atoms with Gasteiger partial charge < -0.3 is 9.80 Å². The van der Waals surface area contributed by atoms with Crippen molar-refractivity contribution >= 4 is 33.7 Å². The SMILES string of the molecule is O=[N+]([O-])c1cc(C(F)(F)F)ccc1N1CCN(c2nc3ccccc3n3cncc23)CC1. The Labute approximate surface area is 179 Å². The van der Waals surface area contributed by atoms with E-state index in [1.807, 2.05) is 28.7 Å². The van der Waals surface area contributed by atoms with Crippen molar-refractivity contribution in [1.29, 1.82) is 0 Å². The van der Waals surface area contributed by atoms with Gasteiger partial charge in [-0.2, -0.15) is 13.2 Å². The number of nitro groups is 1. The van der Waals surface area contributed by atoms with Crippen molar-refractivity contribution in [2.45, 2.75) is 6.18 Å². The number of alkyl halides is 3.